The highest BCUT2D eigenvalue weighted by molar-refractivity contribution is 7.99. The van der Waals surface area contributed by atoms with Crippen LogP contribution in [0.4, 0.5) is 0 Å². The second-order valence-electron chi connectivity index (χ2n) is 9.33. The number of pyridine rings is 1. The molecular weight excluding hydrogens is 480 g/mol. The summed E-state index contributed by atoms with van der Waals surface area (Å²) in [7, 11) is 0. The molecule has 190 valence electrons. The zero-order valence-corrected chi connectivity index (χ0v) is 21.7. The summed E-state index contributed by atoms with van der Waals surface area (Å²) in [5, 5.41) is 10.5. The molecule has 5 nitrogen and oxygen atoms in total. The number of thioether (sulfide) groups is 1. The maximum Gasteiger partial charge on any atom is 0.184 e. The van der Waals surface area contributed by atoms with Crippen molar-refractivity contribution in [2.24, 2.45) is 11.7 Å². The van der Waals surface area contributed by atoms with Gasteiger partial charge in [0.15, 0.2) is 6.29 Å². The number of ether oxygens (including phenoxy) is 2. The molecule has 6 heteroatoms. The van der Waals surface area contributed by atoms with Crippen molar-refractivity contribution >= 4 is 11.8 Å². The molecule has 2 heterocycles. The van der Waals surface area contributed by atoms with E-state index in [1.54, 1.807) is 11.8 Å². The lowest BCUT2D eigenvalue weighted by atomic mass is 9.91. The Morgan fingerprint density at radius 2 is 1.62 bits per heavy atom. The maximum absolute atomic E-state index is 9.49. The number of rotatable bonds is 8. The van der Waals surface area contributed by atoms with Crippen LogP contribution in [0.15, 0.2) is 102 Å². The van der Waals surface area contributed by atoms with Gasteiger partial charge in [0.1, 0.15) is 0 Å². The average molecular weight is 513 g/mol. The monoisotopic (exact) mass is 512 g/mol. The fourth-order valence-corrected chi connectivity index (χ4v) is 5.68. The molecule has 1 aliphatic heterocycles. The molecule has 0 spiro atoms. The Bertz CT molecular complexity index is 1300. The summed E-state index contributed by atoms with van der Waals surface area (Å²) in [6.45, 7) is 2.71. The predicted molar refractivity (Wildman–Crippen MR) is 148 cm³/mol. The second-order valence-corrected chi connectivity index (χ2v) is 10.4. The van der Waals surface area contributed by atoms with Gasteiger partial charge in [-0.2, -0.15) is 0 Å². The van der Waals surface area contributed by atoms with Gasteiger partial charge in [-0.1, -0.05) is 73.7 Å². The Hall–Kier alpha value is -3.00. The van der Waals surface area contributed by atoms with E-state index in [1.165, 1.54) is 0 Å². The molecule has 1 saturated heterocycles. The molecule has 0 amide bonds. The fraction of sp³-hybridized carbons (Fsp3) is 0.258. The molecule has 4 unspecified atom stereocenters. The summed E-state index contributed by atoms with van der Waals surface area (Å²) in [6.07, 6.45) is 1.11. The minimum Gasteiger partial charge on any atom is -0.392 e. The Morgan fingerprint density at radius 1 is 0.838 bits per heavy atom. The molecule has 4 atom stereocenters. The largest absolute Gasteiger partial charge is 0.392 e. The van der Waals surface area contributed by atoms with Crippen LogP contribution >= 0.6 is 11.8 Å². The molecule has 3 aromatic carbocycles. The molecule has 0 saturated carbocycles. The first-order chi connectivity index (χ1) is 18.1. The third-order valence-corrected chi connectivity index (χ3v) is 7.84. The standard InChI is InChI=1S/C31H32N2O3S/c1-21-28(20-37-29-10-2-3-15-33-29)35-31(36-30(21)24-13-11-22(19-34)12-14-24)27-9-5-8-26(17-27)25-7-4-6-23(16-25)18-32/h2-17,21,28,30-31,34H,18-20,32H2,1H3. The van der Waals surface area contributed by atoms with Crippen molar-refractivity contribution in [2.75, 3.05) is 5.75 Å². The Balaban J connectivity index is 1.44. The number of hydrogen-bond donors (Lipinski definition) is 2. The molecule has 0 bridgehead atoms. The summed E-state index contributed by atoms with van der Waals surface area (Å²) in [6, 6.07) is 30.6. The molecule has 0 aliphatic carbocycles. The van der Waals surface area contributed by atoms with E-state index in [9.17, 15) is 5.11 Å². The van der Waals surface area contributed by atoms with Crippen molar-refractivity contribution in [3.05, 3.63) is 119 Å². The van der Waals surface area contributed by atoms with Gasteiger partial charge in [0.25, 0.3) is 0 Å². The molecule has 1 aliphatic rings. The smallest absolute Gasteiger partial charge is 0.184 e. The molecule has 1 fully saturated rings. The molecule has 4 aromatic rings. The van der Waals surface area contributed by atoms with Gasteiger partial charge >= 0.3 is 0 Å². The van der Waals surface area contributed by atoms with Gasteiger partial charge in [-0.15, -0.1) is 11.8 Å². The van der Waals surface area contributed by atoms with Crippen molar-refractivity contribution in [1.82, 2.24) is 4.98 Å². The number of aliphatic hydroxyl groups is 1. The first kappa shape index (κ1) is 25.6. The van der Waals surface area contributed by atoms with E-state index < -0.39 is 6.29 Å². The van der Waals surface area contributed by atoms with Crippen LogP contribution in [0.1, 0.15) is 41.6 Å². The van der Waals surface area contributed by atoms with Crippen LogP contribution < -0.4 is 5.73 Å². The first-order valence-electron chi connectivity index (χ1n) is 12.6. The lowest BCUT2D eigenvalue weighted by molar-refractivity contribution is -0.268. The number of nitrogens with zero attached hydrogens (tertiary/aromatic N) is 1. The van der Waals surface area contributed by atoms with Crippen LogP contribution in [-0.2, 0) is 22.6 Å². The SMILES string of the molecule is CC1C(CSc2ccccn2)OC(c2cccc(-c3cccc(CN)c3)c2)OC1c1ccc(CO)cc1. The molecule has 0 radical (unpaired) electrons. The third-order valence-electron chi connectivity index (χ3n) is 6.81. The summed E-state index contributed by atoms with van der Waals surface area (Å²) in [4.78, 5) is 4.46. The minimum absolute atomic E-state index is 0.0224. The Kier molecular flexibility index (Phi) is 8.34. The van der Waals surface area contributed by atoms with Crippen LogP contribution in [0, 0.1) is 5.92 Å². The van der Waals surface area contributed by atoms with E-state index in [1.807, 2.05) is 66.9 Å². The van der Waals surface area contributed by atoms with Crippen molar-refractivity contribution in [3.8, 4) is 11.1 Å². The van der Waals surface area contributed by atoms with E-state index in [4.69, 9.17) is 15.2 Å². The number of nitrogens with two attached hydrogens (primary N) is 1. The number of benzene rings is 3. The van der Waals surface area contributed by atoms with Gasteiger partial charge in [-0.05, 0) is 52.1 Å². The number of hydrogen-bond acceptors (Lipinski definition) is 6. The zero-order chi connectivity index (χ0) is 25.6. The third kappa shape index (κ3) is 6.12. The molecule has 3 N–H and O–H groups in total. The normalized spacial score (nSPS) is 21.6. The zero-order valence-electron chi connectivity index (χ0n) is 20.9. The highest BCUT2D eigenvalue weighted by atomic mass is 32.2. The van der Waals surface area contributed by atoms with Crippen LogP contribution in [0.25, 0.3) is 11.1 Å². The van der Waals surface area contributed by atoms with Gasteiger partial charge in [0, 0.05) is 30.0 Å². The maximum atomic E-state index is 9.49. The predicted octanol–water partition coefficient (Wildman–Crippen LogP) is 6.28. The lowest BCUT2D eigenvalue weighted by Crippen LogP contribution is -2.38. The summed E-state index contributed by atoms with van der Waals surface area (Å²) < 4.78 is 13.2. The first-order valence-corrected chi connectivity index (χ1v) is 13.6. The lowest BCUT2D eigenvalue weighted by Gasteiger charge is -2.41. The minimum atomic E-state index is -0.509. The summed E-state index contributed by atoms with van der Waals surface area (Å²) in [5.74, 6) is 0.887. The van der Waals surface area contributed by atoms with Crippen molar-refractivity contribution in [3.63, 3.8) is 0 Å². The van der Waals surface area contributed by atoms with Crippen LogP contribution in [-0.4, -0.2) is 21.9 Å². The topological polar surface area (TPSA) is 77.6 Å². The number of aliphatic hydroxyl groups excluding tert-OH is 1. The van der Waals surface area contributed by atoms with Crippen LogP contribution in [0.3, 0.4) is 0 Å². The fourth-order valence-electron chi connectivity index (χ4n) is 4.65. The van der Waals surface area contributed by atoms with Gasteiger partial charge in [0.05, 0.1) is 23.8 Å². The van der Waals surface area contributed by atoms with Crippen molar-refractivity contribution in [2.45, 2.75) is 43.6 Å². The van der Waals surface area contributed by atoms with Gasteiger partial charge in [-0.25, -0.2) is 4.98 Å². The molecule has 5 rings (SSSR count). The second kappa shape index (κ2) is 12.0. The highest BCUT2D eigenvalue weighted by Crippen LogP contribution is 2.43. The quantitative estimate of drug-likeness (QED) is 0.271. The van der Waals surface area contributed by atoms with E-state index in [0.717, 1.165) is 44.2 Å². The van der Waals surface area contributed by atoms with E-state index in [-0.39, 0.29) is 24.7 Å². The van der Waals surface area contributed by atoms with E-state index in [2.05, 4.69) is 42.2 Å². The van der Waals surface area contributed by atoms with Crippen molar-refractivity contribution < 1.29 is 14.6 Å². The van der Waals surface area contributed by atoms with Gasteiger partial charge in [-0.3, -0.25) is 0 Å². The Morgan fingerprint density at radius 3 is 2.35 bits per heavy atom. The van der Waals surface area contributed by atoms with E-state index in [0.29, 0.717) is 6.54 Å². The Labute approximate surface area is 222 Å². The summed E-state index contributed by atoms with van der Waals surface area (Å²) in [5.41, 5.74) is 12.1. The van der Waals surface area contributed by atoms with Gasteiger partial charge in [0.2, 0.25) is 0 Å². The molecular formula is C31H32N2O3S. The summed E-state index contributed by atoms with van der Waals surface area (Å²) >= 11 is 1.70. The highest BCUT2D eigenvalue weighted by Gasteiger charge is 2.38. The molecule has 37 heavy (non-hydrogen) atoms. The van der Waals surface area contributed by atoms with Gasteiger partial charge < -0.3 is 20.3 Å². The van der Waals surface area contributed by atoms with Crippen LogP contribution in [0.5, 0.6) is 0 Å². The number of aromatic nitrogens is 1. The molecule has 1 aromatic heterocycles. The van der Waals surface area contributed by atoms with Crippen molar-refractivity contribution in [1.29, 1.82) is 0 Å². The average Bonchev–Trinajstić information content (AvgIpc) is 2.97. The van der Waals surface area contributed by atoms with Crippen LogP contribution in [0.2, 0.25) is 0 Å². The van der Waals surface area contributed by atoms with E-state index >= 15 is 0 Å².